The molecule has 0 radical (unpaired) electrons. The molecule has 1 aromatic heterocycles. The number of aryl methyl sites for hydroxylation is 1. The maximum Gasteiger partial charge on any atom is 0.282 e. The summed E-state index contributed by atoms with van der Waals surface area (Å²) < 4.78 is 9.19. The number of carbonyl (C=O) groups excluding carboxylic acids is 1. The van der Waals surface area contributed by atoms with Crippen molar-refractivity contribution in [2.45, 2.75) is 33.1 Å². The minimum atomic E-state index is -0.273. The van der Waals surface area contributed by atoms with Gasteiger partial charge in [0.05, 0.1) is 26.1 Å². The first kappa shape index (κ1) is 28.2. The molecule has 0 aliphatic heterocycles. The molecule has 3 aromatic carbocycles. The van der Waals surface area contributed by atoms with Crippen molar-refractivity contribution in [1.29, 1.82) is 0 Å². The molecule has 1 atom stereocenters. The smallest absolute Gasteiger partial charge is 0.282 e. The topological polar surface area (TPSA) is 85.6 Å². The maximum absolute atomic E-state index is 13.3. The number of fused-ring (bicyclic) bond motifs is 1. The number of hydrogen-bond donors (Lipinski definition) is 1. The summed E-state index contributed by atoms with van der Waals surface area (Å²) in [7, 11) is 0. The van der Waals surface area contributed by atoms with Crippen LogP contribution in [0.4, 0.5) is 5.69 Å². The first-order valence-electron chi connectivity index (χ1n) is 11.9. The number of rotatable bonds is 8. The van der Waals surface area contributed by atoms with Gasteiger partial charge in [0.15, 0.2) is 6.61 Å². The Balaban J connectivity index is 1.57. The van der Waals surface area contributed by atoms with Crippen LogP contribution in [0.3, 0.4) is 0 Å². The van der Waals surface area contributed by atoms with Crippen LogP contribution in [-0.4, -0.2) is 28.4 Å². The van der Waals surface area contributed by atoms with Crippen LogP contribution in [0.5, 0.6) is 5.75 Å². The summed E-state index contributed by atoms with van der Waals surface area (Å²) in [5, 5.41) is 7.82. The van der Waals surface area contributed by atoms with Gasteiger partial charge in [-0.05, 0) is 93.2 Å². The molecule has 1 amide bonds. The van der Waals surface area contributed by atoms with Crippen molar-refractivity contribution in [3.8, 4) is 5.75 Å². The van der Waals surface area contributed by atoms with E-state index < -0.39 is 0 Å². The van der Waals surface area contributed by atoms with Gasteiger partial charge in [-0.15, -0.1) is 0 Å². The van der Waals surface area contributed by atoms with Crippen molar-refractivity contribution >= 4 is 76.5 Å². The molecule has 0 aliphatic rings. The lowest BCUT2D eigenvalue weighted by atomic mass is 10.1. The summed E-state index contributed by atoms with van der Waals surface area (Å²) in [6, 6.07) is 16.6. The largest absolute Gasteiger partial charge is 0.481 e. The predicted octanol–water partition coefficient (Wildman–Crippen LogP) is 7.41. The molecule has 196 valence electrons. The monoisotopic (exact) mass is 702 g/mol. The number of carbonyl (C=O) groups is 1. The van der Waals surface area contributed by atoms with E-state index in [1.54, 1.807) is 24.4 Å². The summed E-state index contributed by atoms with van der Waals surface area (Å²) in [5.41, 5.74) is 2.94. The van der Waals surface area contributed by atoms with Crippen LogP contribution < -0.4 is 15.6 Å². The fraction of sp³-hybridized carbons (Fsp3) is 0.214. The number of anilines is 1. The Morgan fingerprint density at radius 1 is 1.11 bits per heavy atom. The molecule has 1 N–H and O–H groups in total. The van der Waals surface area contributed by atoms with Gasteiger partial charge in [0.1, 0.15) is 11.6 Å². The number of aromatic nitrogens is 2. The first-order chi connectivity index (χ1) is 18.2. The first-order valence-corrected chi connectivity index (χ1v) is 14.3. The molecule has 0 saturated heterocycles. The van der Waals surface area contributed by atoms with Crippen molar-refractivity contribution < 1.29 is 9.53 Å². The molecule has 38 heavy (non-hydrogen) atoms. The zero-order valence-electron chi connectivity index (χ0n) is 21.0. The Kier molecular flexibility index (Phi) is 9.17. The Morgan fingerprint density at radius 2 is 1.79 bits per heavy atom. The summed E-state index contributed by atoms with van der Waals surface area (Å²) in [5.74, 6) is 0.844. The molecule has 0 spiro atoms. The highest BCUT2D eigenvalue weighted by Crippen LogP contribution is 2.34. The van der Waals surface area contributed by atoms with Crippen molar-refractivity contribution in [2.75, 3.05) is 11.9 Å². The molecule has 4 rings (SSSR count). The number of ether oxygens (including phenoxy) is 1. The molecule has 0 unspecified atom stereocenters. The van der Waals surface area contributed by atoms with Crippen molar-refractivity contribution in [2.24, 2.45) is 5.10 Å². The average Bonchev–Trinajstić information content (AvgIpc) is 2.88. The van der Waals surface area contributed by atoms with Crippen molar-refractivity contribution in [3.05, 3.63) is 95.3 Å². The zero-order valence-corrected chi connectivity index (χ0v) is 25.7. The van der Waals surface area contributed by atoms with E-state index in [-0.39, 0.29) is 24.0 Å². The molecule has 0 fully saturated rings. The minimum absolute atomic E-state index is 0.0354. The summed E-state index contributed by atoms with van der Waals surface area (Å²) in [4.78, 5) is 30.4. The molecule has 10 heteroatoms. The van der Waals surface area contributed by atoms with Crippen LogP contribution in [-0.2, 0) is 4.79 Å². The highest BCUT2D eigenvalue weighted by atomic mass is 79.9. The Morgan fingerprint density at radius 3 is 2.45 bits per heavy atom. The number of nitrogens with one attached hydrogen (secondary N) is 1. The second kappa shape index (κ2) is 12.4. The van der Waals surface area contributed by atoms with E-state index >= 15 is 0 Å². The van der Waals surface area contributed by atoms with Gasteiger partial charge in [-0.3, -0.25) is 9.59 Å². The fourth-order valence-corrected chi connectivity index (χ4v) is 5.48. The summed E-state index contributed by atoms with van der Waals surface area (Å²) in [6.45, 7) is 5.89. The van der Waals surface area contributed by atoms with E-state index in [2.05, 4.69) is 58.2 Å². The number of halogens is 3. The molecule has 4 aromatic rings. The van der Waals surface area contributed by atoms with E-state index in [1.807, 2.05) is 57.2 Å². The molecule has 0 saturated carbocycles. The highest BCUT2D eigenvalue weighted by molar-refractivity contribution is 9.11. The molecular weight excluding hydrogens is 680 g/mol. The molecule has 7 nitrogen and oxygen atoms in total. The van der Waals surface area contributed by atoms with Gasteiger partial charge in [0.2, 0.25) is 0 Å². The molecular formula is C28H25Br3N4O3. The molecule has 0 bridgehead atoms. The maximum atomic E-state index is 13.3. The molecule has 1 heterocycles. The third-order valence-corrected chi connectivity index (χ3v) is 7.58. The normalized spacial score (nSPS) is 12.2. The Bertz CT molecular complexity index is 1560. The average molecular weight is 705 g/mol. The lowest BCUT2D eigenvalue weighted by Gasteiger charge is -2.14. The third-order valence-electron chi connectivity index (χ3n) is 5.91. The second-order valence-electron chi connectivity index (χ2n) is 8.82. The zero-order chi connectivity index (χ0) is 27.4. The predicted molar refractivity (Wildman–Crippen MR) is 163 cm³/mol. The standard InChI is InChI=1S/C28H25Br3N4O3/c1-4-17(3)27-34-24-10-7-19(29)13-21(24)28(37)35(27)32-14-18-11-22(30)26(23(31)12-18)38-15-25(36)33-20-8-5-16(2)6-9-20/h5-14,17H,4,15H2,1-3H3,(H,33,36)/t17-/m0/s1. The van der Waals surface area contributed by atoms with Gasteiger partial charge in [-0.1, -0.05) is 47.5 Å². The molecule has 0 aliphatic carbocycles. The highest BCUT2D eigenvalue weighted by Gasteiger charge is 2.16. The number of nitrogens with zero attached hydrogens (tertiary/aromatic N) is 3. The van der Waals surface area contributed by atoms with E-state index in [9.17, 15) is 9.59 Å². The van der Waals surface area contributed by atoms with Gasteiger partial charge >= 0.3 is 0 Å². The summed E-state index contributed by atoms with van der Waals surface area (Å²) in [6.07, 6.45) is 2.41. The van der Waals surface area contributed by atoms with Gasteiger partial charge in [0.25, 0.3) is 11.5 Å². The van der Waals surface area contributed by atoms with Crippen LogP contribution in [0.25, 0.3) is 10.9 Å². The van der Waals surface area contributed by atoms with Crippen molar-refractivity contribution in [3.63, 3.8) is 0 Å². The van der Waals surface area contributed by atoms with E-state index in [0.29, 0.717) is 37.1 Å². The quantitative estimate of drug-likeness (QED) is 0.194. The number of benzene rings is 3. The summed E-state index contributed by atoms with van der Waals surface area (Å²) >= 11 is 10.5. The van der Waals surface area contributed by atoms with Gasteiger partial charge in [-0.2, -0.15) is 9.78 Å². The van der Waals surface area contributed by atoms with Crippen LogP contribution >= 0.6 is 47.8 Å². The van der Waals surface area contributed by atoms with Crippen LogP contribution in [0.2, 0.25) is 0 Å². The van der Waals surface area contributed by atoms with Gasteiger partial charge in [0, 0.05) is 16.1 Å². The third kappa shape index (κ3) is 6.59. The fourth-order valence-electron chi connectivity index (χ4n) is 3.67. The minimum Gasteiger partial charge on any atom is -0.481 e. The second-order valence-corrected chi connectivity index (χ2v) is 11.4. The van der Waals surface area contributed by atoms with Gasteiger partial charge in [-0.25, -0.2) is 4.98 Å². The van der Waals surface area contributed by atoms with Crippen LogP contribution in [0, 0.1) is 6.92 Å². The van der Waals surface area contributed by atoms with E-state index in [4.69, 9.17) is 9.72 Å². The lowest BCUT2D eigenvalue weighted by molar-refractivity contribution is -0.118. The Hall–Kier alpha value is -2.82. The number of amides is 1. The SMILES string of the molecule is CC[C@H](C)c1nc2ccc(Br)cc2c(=O)n1N=Cc1cc(Br)c(OCC(=O)Nc2ccc(C)cc2)c(Br)c1. The van der Waals surface area contributed by atoms with Crippen LogP contribution in [0.15, 0.2) is 77.9 Å². The van der Waals surface area contributed by atoms with Crippen LogP contribution in [0.1, 0.15) is 43.1 Å². The lowest BCUT2D eigenvalue weighted by Crippen LogP contribution is -2.23. The van der Waals surface area contributed by atoms with E-state index in [1.165, 1.54) is 4.68 Å². The van der Waals surface area contributed by atoms with Gasteiger partial charge < -0.3 is 10.1 Å². The van der Waals surface area contributed by atoms with E-state index in [0.717, 1.165) is 22.0 Å². The van der Waals surface area contributed by atoms with Crippen molar-refractivity contribution in [1.82, 2.24) is 9.66 Å². The number of hydrogen-bond acceptors (Lipinski definition) is 5. The Labute approximate surface area is 245 Å².